The lowest BCUT2D eigenvalue weighted by Crippen LogP contribution is -1.87. The van der Waals surface area contributed by atoms with Crippen LogP contribution in [0.4, 0.5) is 8.78 Å². The van der Waals surface area contributed by atoms with Gasteiger partial charge in [0.15, 0.2) is 0 Å². The van der Waals surface area contributed by atoms with E-state index in [4.69, 9.17) is 5.11 Å². The zero-order valence-corrected chi connectivity index (χ0v) is 9.75. The molecule has 92 valence electrons. The summed E-state index contributed by atoms with van der Waals surface area (Å²) in [6.45, 7) is 0. The highest BCUT2D eigenvalue weighted by Gasteiger charge is 2.09. The van der Waals surface area contributed by atoms with Crippen molar-refractivity contribution in [2.75, 3.05) is 0 Å². The van der Waals surface area contributed by atoms with Crippen molar-refractivity contribution in [3.63, 3.8) is 0 Å². The van der Waals surface area contributed by atoms with Gasteiger partial charge in [-0.1, -0.05) is 0 Å². The Morgan fingerprint density at radius 3 is 2.89 bits per heavy atom. The molecule has 1 aromatic carbocycles. The number of carboxylic acids is 1. The average Bonchev–Trinajstić information content (AvgIpc) is 2.78. The molecule has 0 aliphatic heterocycles. The third-order valence-electron chi connectivity index (χ3n) is 2.09. The number of hydrogen-bond donors (Lipinski definition) is 1. The van der Waals surface area contributed by atoms with Gasteiger partial charge in [0, 0.05) is 17.0 Å². The van der Waals surface area contributed by atoms with Crippen molar-refractivity contribution in [1.82, 2.24) is 4.98 Å². The summed E-state index contributed by atoms with van der Waals surface area (Å²) >= 11 is 1.15. The Morgan fingerprint density at radius 1 is 1.39 bits per heavy atom. The van der Waals surface area contributed by atoms with Gasteiger partial charge in [0.05, 0.1) is 5.69 Å². The predicted molar refractivity (Wildman–Crippen MR) is 64.1 cm³/mol. The Balaban J connectivity index is 2.35. The lowest BCUT2D eigenvalue weighted by molar-refractivity contribution is -0.131. The minimum atomic E-state index is -1.09. The van der Waals surface area contributed by atoms with Crippen LogP contribution in [0.3, 0.4) is 0 Å². The fraction of sp³-hybridized carbons (Fsp3) is 0. The second-order valence-electron chi connectivity index (χ2n) is 3.37. The molecule has 1 heterocycles. The number of nitrogens with zero attached hydrogens (tertiary/aromatic N) is 1. The van der Waals surface area contributed by atoms with Crippen molar-refractivity contribution >= 4 is 23.4 Å². The highest BCUT2D eigenvalue weighted by atomic mass is 32.1. The average molecular weight is 267 g/mol. The number of carboxylic acid groups (broad SMARTS) is 1. The van der Waals surface area contributed by atoms with Crippen LogP contribution in [0.5, 0.6) is 0 Å². The third-order valence-corrected chi connectivity index (χ3v) is 2.90. The number of hydrogen-bond acceptors (Lipinski definition) is 3. The van der Waals surface area contributed by atoms with E-state index in [1.165, 1.54) is 6.08 Å². The Labute approximate surface area is 105 Å². The predicted octanol–water partition coefficient (Wildman–Crippen LogP) is 3.19. The summed E-state index contributed by atoms with van der Waals surface area (Å²) in [5.74, 6) is -2.22. The molecule has 0 aliphatic carbocycles. The Hall–Kier alpha value is -2.08. The second-order valence-corrected chi connectivity index (χ2v) is 4.26. The van der Waals surface area contributed by atoms with E-state index in [0.717, 1.165) is 35.6 Å². The lowest BCUT2D eigenvalue weighted by atomic mass is 10.1. The summed E-state index contributed by atoms with van der Waals surface area (Å²) in [7, 11) is 0. The van der Waals surface area contributed by atoms with Gasteiger partial charge in [-0.05, 0) is 24.3 Å². The molecule has 0 atom stereocenters. The van der Waals surface area contributed by atoms with E-state index in [2.05, 4.69) is 4.98 Å². The Morgan fingerprint density at radius 2 is 2.17 bits per heavy atom. The zero-order valence-electron chi connectivity index (χ0n) is 8.93. The van der Waals surface area contributed by atoms with Crippen LogP contribution in [0.2, 0.25) is 0 Å². The highest BCUT2D eigenvalue weighted by molar-refractivity contribution is 7.10. The molecule has 3 nitrogen and oxygen atoms in total. The molecule has 0 radical (unpaired) electrons. The Kier molecular flexibility index (Phi) is 3.47. The van der Waals surface area contributed by atoms with E-state index in [1.807, 2.05) is 0 Å². The van der Waals surface area contributed by atoms with Gasteiger partial charge in [0.25, 0.3) is 0 Å². The lowest BCUT2D eigenvalue weighted by Gasteiger charge is -1.98. The van der Waals surface area contributed by atoms with Gasteiger partial charge in [-0.3, -0.25) is 0 Å². The summed E-state index contributed by atoms with van der Waals surface area (Å²) in [6, 6.07) is 3.10. The van der Waals surface area contributed by atoms with Crippen molar-refractivity contribution in [3.05, 3.63) is 46.3 Å². The quantitative estimate of drug-likeness (QED) is 0.869. The number of aromatic nitrogens is 1. The van der Waals surface area contributed by atoms with Gasteiger partial charge in [-0.2, -0.15) is 0 Å². The normalized spacial score (nSPS) is 11.0. The topological polar surface area (TPSA) is 50.2 Å². The highest BCUT2D eigenvalue weighted by Crippen LogP contribution is 2.25. The summed E-state index contributed by atoms with van der Waals surface area (Å²) in [4.78, 5) is 14.3. The first-order valence-electron chi connectivity index (χ1n) is 4.88. The molecule has 0 fully saturated rings. The summed E-state index contributed by atoms with van der Waals surface area (Å²) in [6.07, 6.45) is 2.23. The van der Waals surface area contributed by atoms with Crippen molar-refractivity contribution in [2.24, 2.45) is 0 Å². The van der Waals surface area contributed by atoms with Gasteiger partial charge < -0.3 is 5.11 Å². The van der Waals surface area contributed by atoms with Crippen LogP contribution in [0.15, 0.2) is 29.7 Å². The molecular weight excluding hydrogens is 260 g/mol. The van der Waals surface area contributed by atoms with E-state index in [9.17, 15) is 13.6 Å². The van der Waals surface area contributed by atoms with E-state index < -0.39 is 17.6 Å². The maximum atomic E-state index is 13.5. The first-order valence-corrected chi connectivity index (χ1v) is 5.76. The number of benzene rings is 1. The number of aliphatic carboxylic acids is 1. The first-order chi connectivity index (χ1) is 8.56. The van der Waals surface area contributed by atoms with Crippen LogP contribution >= 0.6 is 11.3 Å². The minimum Gasteiger partial charge on any atom is -0.478 e. The second kappa shape index (κ2) is 5.05. The van der Waals surface area contributed by atoms with Crippen LogP contribution < -0.4 is 0 Å². The van der Waals surface area contributed by atoms with Gasteiger partial charge in [-0.15, -0.1) is 11.3 Å². The number of carbonyl (C=O) groups is 1. The van der Waals surface area contributed by atoms with Crippen LogP contribution in [0.25, 0.3) is 17.3 Å². The molecule has 0 bridgehead atoms. The molecule has 0 saturated heterocycles. The van der Waals surface area contributed by atoms with Crippen molar-refractivity contribution in [3.8, 4) is 11.3 Å². The third kappa shape index (κ3) is 2.78. The molecular formula is C12H7F2NO2S. The number of halogens is 2. The van der Waals surface area contributed by atoms with E-state index in [1.54, 1.807) is 5.38 Å². The van der Waals surface area contributed by atoms with Crippen molar-refractivity contribution in [1.29, 1.82) is 0 Å². The fourth-order valence-electron chi connectivity index (χ4n) is 1.32. The summed E-state index contributed by atoms with van der Waals surface area (Å²) < 4.78 is 26.5. The van der Waals surface area contributed by atoms with Crippen molar-refractivity contribution in [2.45, 2.75) is 0 Å². The van der Waals surface area contributed by atoms with E-state index in [0.29, 0.717) is 5.01 Å². The molecule has 0 spiro atoms. The number of rotatable bonds is 3. The first kappa shape index (κ1) is 12.4. The molecule has 1 N–H and O–H groups in total. The molecule has 0 amide bonds. The SMILES string of the molecule is O=C(O)/C=C/c1nc(-c2cc(F)ccc2F)cs1. The molecule has 0 unspecified atom stereocenters. The standard InChI is InChI=1S/C12H7F2NO2S/c13-7-1-2-9(14)8(5-7)10-6-18-11(15-10)3-4-12(16)17/h1-6H,(H,16,17)/b4-3+. The Bertz CT molecular complexity index is 622. The monoisotopic (exact) mass is 267 g/mol. The maximum absolute atomic E-state index is 13.5. The molecule has 2 aromatic rings. The fourth-order valence-corrected chi connectivity index (χ4v) is 2.03. The van der Waals surface area contributed by atoms with Gasteiger partial charge in [-0.25, -0.2) is 18.6 Å². The molecule has 18 heavy (non-hydrogen) atoms. The number of thiazole rings is 1. The largest absolute Gasteiger partial charge is 0.478 e. The zero-order chi connectivity index (χ0) is 13.1. The maximum Gasteiger partial charge on any atom is 0.328 e. The van der Waals surface area contributed by atoms with Crippen LogP contribution in [0, 0.1) is 11.6 Å². The van der Waals surface area contributed by atoms with Crippen LogP contribution in [-0.4, -0.2) is 16.1 Å². The van der Waals surface area contributed by atoms with E-state index >= 15 is 0 Å². The van der Waals surface area contributed by atoms with Gasteiger partial charge in [0.1, 0.15) is 16.6 Å². The van der Waals surface area contributed by atoms with Crippen LogP contribution in [0.1, 0.15) is 5.01 Å². The van der Waals surface area contributed by atoms with E-state index in [-0.39, 0.29) is 11.3 Å². The van der Waals surface area contributed by atoms with Gasteiger partial charge in [0.2, 0.25) is 0 Å². The summed E-state index contributed by atoms with van der Waals surface area (Å²) in [5, 5.41) is 10.4. The van der Waals surface area contributed by atoms with Crippen LogP contribution in [-0.2, 0) is 4.79 Å². The molecule has 0 saturated carbocycles. The smallest absolute Gasteiger partial charge is 0.328 e. The minimum absolute atomic E-state index is 0.0567. The molecule has 0 aliphatic rings. The summed E-state index contributed by atoms with van der Waals surface area (Å²) in [5.41, 5.74) is 0.336. The van der Waals surface area contributed by atoms with Gasteiger partial charge >= 0.3 is 5.97 Å². The molecule has 2 rings (SSSR count). The molecule has 1 aromatic heterocycles. The van der Waals surface area contributed by atoms with Crippen molar-refractivity contribution < 1.29 is 18.7 Å². The molecule has 6 heteroatoms.